The number of nitrogens with zero attached hydrogens (tertiary/aromatic N) is 5. The van der Waals surface area contributed by atoms with Crippen molar-refractivity contribution >= 4 is 16.6 Å². The number of H-pyrrole nitrogens is 1. The Morgan fingerprint density at radius 3 is 2.66 bits per heavy atom. The van der Waals surface area contributed by atoms with Crippen molar-refractivity contribution in [2.75, 3.05) is 0 Å². The van der Waals surface area contributed by atoms with E-state index in [0.29, 0.717) is 18.0 Å². The molecule has 2 fully saturated rings. The van der Waals surface area contributed by atoms with Crippen molar-refractivity contribution in [2.24, 2.45) is 0 Å². The SMILES string of the molecule is [HH].[HH].c1cc(-c2c(-c3ccncc3)nn3c(C4CC5CCC(C4)N5)ccnc23)c2cn[nH]c2c1. The third-order valence-electron chi connectivity index (χ3n) is 7.15. The Labute approximate surface area is 187 Å². The first-order valence-electron chi connectivity index (χ1n) is 11.3. The molecule has 2 unspecified atom stereocenters. The van der Waals surface area contributed by atoms with Crippen LogP contribution in [0, 0.1) is 0 Å². The summed E-state index contributed by atoms with van der Waals surface area (Å²) >= 11 is 0. The highest BCUT2D eigenvalue weighted by Crippen LogP contribution is 2.41. The number of piperidine rings is 1. The molecule has 5 aromatic rings. The maximum atomic E-state index is 5.17. The lowest BCUT2D eigenvalue weighted by atomic mass is 9.89. The summed E-state index contributed by atoms with van der Waals surface area (Å²) in [6.07, 6.45) is 12.4. The van der Waals surface area contributed by atoms with Crippen LogP contribution in [0.25, 0.3) is 38.9 Å². The van der Waals surface area contributed by atoms with Gasteiger partial charge in [0.25, 0.3) is 0 Å². The second-order valence-corrected chi connectivity index (χ2v) is 9.01. The molecule has 2 saturated heterocycles. The van der Waals surface area contributed by atoms with Crippen LogP contribution in [0.3, 0.4) is 0 Å². The summed E-state index contributed by atoms with van der Waals surface area (Å²) < 4.78 is 2.10. The number of fused-ring (bicyclic) bond motifs is 4. The van der Waals surface area contributed by atoms with Crippen molar-refractivity contribution < 1.29 is 2.85 Å². The molecule has 7 nitrogen and oxygen atoms in total. The van der Waals surface area contributed by atoms with Crippen LogP contribution in [0.4, 0.5) is 0 Å². The highest BCUT2D eigenvalue weighted by molar-refractivity contribution is 6.02. The quantitative estimate of drug-likeness (QED) is 0.433. The summed E-state index contributed by atoms with van der Waals surface area (Å²) in [5, 5.41) is 17.4. The zero-order chi connectivity index (χ0) is 21.1. The molecule has 4 aromatic heterocycles. The largest absolute Gasteiger partial charge is 0.311 e. The van der Waals surface area contributed by atoms with E-state index in [4.69, 9.17) is 10.1 Å². The van der Waals surface area contributed by atoms with Gasteiger partial charge in [0.1, 0.15) is 5.69 Å². The van der Waals surface area contributed by atoms with E-state index in [1.165, 1.54) is 18.5 Å². The van der Waals surface area contributed by atoms with Crippen molar-refractivity contribution in [3.8, 4) is 22.4 Å². The fourth-order valence-corrected chi connectivity index (χ4v) is 5.72. The number of hydrogen-bond acceptors (Lipinski definition) is 5. The molecule has 2 N–H and O–H groups in total. The Kier molecular flexibility index (Phi) is 3.93. The lowest BCUT2D eigenvalue weighted by Gasteiger charge is -2.29. The van der Waals surface area contributed by atoms with Crippen LogP contribution in [0.1, 0.15) is 40.1 Å². The van der Waals surface area contributed by atoms with Gasteiger partial charge >= 0.3 is 0 Å². The highest BCUT2D eigenvalue weighted by Gasteiger charge is 2.35. The number of nitrogens with one attached hydrogen (secondary N) is 2. The summed E-state index contributed by atoms with van der Waals surface area (Å²) in [6, 6.07) is 13.7. The number of aromatic amines is 1. The standard InChI is InChI=1S/C25H23N7.2H2/c1-2-19(20-14-28-30-21(20)3-1)23-24(15-6-9-26-10-7-15)31-32-22(8-11-27-25(23)32)16-12-17-4-5-18(13-16)29-17;;/h1-3,6-11,14,16-18,29H,4-5,12-13H2,(H,28,30);2*1H. The maximum Gasteiger partial charge on any atom is 0.163 e. The average molecular weight is 426 g/mol. The lowest BCUT2D eigenvalue weighted by molar-refractivity contribution is 0.355. The van der Waals surface area contributed by atoms with E-state index in [0.717, 1.165) is 51.8 Å². The van der Waals surface area contributed by atoms with Crippen LogP contribution in [-0.2, 0) is 0 Å². The zero-order valence-corrected chi connectivity index (χ0v) is 17.6. The van der Waals surface area contributed by atoms with Gasteiger partial charge < -0.3 is 5.32 Å². The van der Waals surface area contributed by atoms with E-state index >= 15 is 0 Å². The van der Waals surface area contributed by atoms with E-state index in [9.17, 15) is 0 Å². The van der Waals surface area contributed by atoms with E-state index in [1.54, 1.807) is 0 Å². The molecule has 6 heterocycles. The Morgan fingerprint density at radius 2 is 1.81 bits per heavy atom. The average Bonchev–Trinajstić information content (AvgIpc) is 3.55. The normalized spacial score (nSPS) is 22.7. The van der Waals surface area contributed by atoms with Crippen LogP contribution in [0.5, 0.6) is 0 Å². The summed E-state index contributed by atoms with van der Waals surface area (Å²) in [6.45, 7) is 0. The van der Waals surface area contributed by atoms with Gasteiger partial charge in [-0.05, 0) is 55.5 Å². The molecular weight excluding hydrogens is 398 g/mol. The zero-order valence-electron chi connectivity index (χ0n) is 17.6. The molecule has 2 aliphatic heterocycles. The minimum Gasteiger partial charge on any atom is -0.311 e. The fourth-order valence-electron chi connectivity index (χ4n) is 5.72. The molecule has 162 valence electrons. The van der Waals surface area contributed by atoms with Crippen LogP contribution in [0.15, 0.2) is 61.2 Å². The molecule has 32 heavy (non-hydrogen) atoms. The number of aromatic nitrogens is 6. The maximum absolute atomic E-state index is 5.17. The molecule has 2 atom stereocenters. The molecule has 0 spiro atoms. The van der Waals surface area contributed by atoms with Crippen molar-refractivity contribution in [3.05, 3.63) is 66.9 Å². The van der Waals surface area contributed by atoms with E-state index in [-0.39, 0.29) is 2.85 Å². The van der Waals surface area contributed by atoms with Gasteiger partial charge in [-0.15, -0.1) is 0 Å². The number of rotatable bonds is 3. The van der Waals surface area contributed by atoms with Gasteiger partial charge in [-0.3, -0.25) is 10.1 Å². The molecule has 0 aliphatic carbocycles. The van der Waals surface area contributed by atoms with E-state index in [2.05, 4.69) is 43.2 Å². The Bertz CT molecular complexity index is 1430. The van der Waals surface area contributed by atoms with E-state index < -0.39 is 0 Å². The molecule has 1 aromatic carbocycles. The predicted octanol–water partition coefficient (Wildman–Crippen LogP) is 4.82. The van der Waals surface area contributed by atoms with Crippen LogP contribution < -0.4 is 5.32 Å². The summed E-state index contributed by atoms with van der Waals surface area (Å²) in [7, 11) is 0. The smallest absolute Gasteiger partial charge is 0.163 e. The third kappa shape index (κ3) is 2.71. The Hall–Kier alpha value is -3.58. The molecular formula is C25H27N7. The van der Waals surface area contributed by atoms with Crippen molar-refractivity contribution in [1.82, 2.24) is 35.1 Å². The summed E-state index contributed by atoms with van der Waals surface area (Å²) in [4.78, 5) is 9.05. The highest BCUT2D eigenvalue weighted by atomic mass is 15.3. The molecule has 2 aliphatic rings. The first-order valence-corrected chi connectivity index (χ1v) is 11.3. The second-order valence-electron chi connectivity index (χ2n) is 9.01. The minimum atomic E-state index is 0. The fraction of sp³-hybridized carbons (Fsp3) is 0.280. The predicted molar refractivity (Wildman–Crippen MR) is 127 cm³/mol. The summed E-state index contributed by atoms with van der Waals surface area (Å²) in [5.41, 5.74) is 7.27. The summed E-state index contributed by atoms with van der Waals surface area (Å²) in [5.74, 6) is 0.488. The first-order chi connectivity index (χ1) is 15.8. The Balaban J connectivity index is 0.00000120. The van der Waals surface area contributed by atoms with Gasteiger partial charge in [-0.25, -0.2) is 9.50 Å². The number of pyridine rings is 1. The molecule has 7 heteroatoms. The number of hydrogen-bond donors (Lipinski definition) is 2. The lowest BCUT2D eigenvalue weighted by Crippen LogP contribution is -2.37. The van der Waals surface area contributed by atoms with Gasteiger partial charge in [0.15, 0.2) is 5.65 Å². The van der Waals surface area contributed by atoms with Crippen LogP contribution in [-0.4, -0.2) is 41.9 Å². The van der Waals surface area contributed by atoms with Crippen molar-refractivity contribution in [2.45, 2.75) is 43.7 Å². The monoisotopic (exact) mass is 425 g/mol. The molecule has 7 rings (SSSR count). The van der Waals surface area contributed by atoms with Crippen LogP contribution >= 0.6 is 0 Å². The van der Waals surface area contributed by atoms with Crippen molar-refractivity contribution in [1.29, 1.82) is 0 Å². The molecule has 0 saturated carbocycles. The molecule has 0 radical (unpaired) electrons. The van der Waals surface area contributed by atoms with Gasteiger partial charge in [0.2, 0.25) is 0 Å². The molecule has 0 amide bonds. The Morgan fingerprint density at radius 1 is 0.969 bits per heavy atom. The van der Waals surface area contributed by atoms with Crippen molar-refractivity contribution in [3.63, 3.8) is 0 Å². The number of benzene rings is 1. The minimum absolute atomic E-state index is 0. The van der Waals surface area contributed by atoms with Gasteiger partial charge in [0, 0.05) is 56.1 Å². The van der Waals surface area contributed by atoms with Gasteiger partial charge in [0.05, 0.1) is 17.3 Å². The first kappa shape index (κ1) is 18.0. The third-order valence-corrected chi connectivity index (χ3v) is 7.15. The van der Waals surface area contributed by atoms with Gasteiger partial charge in [-0.2, -0.15) is 10.2 Å². The molecule has 2 bridgehead atoms. The van der Waals surface area contributed by atoms with Crippen LogP contribution in [0.2, 0.25) is 0 Å². The topological polar surface area (TPSA) is 83.8 Å². The second kappa shape index (κ2) is 6.97. The van der Waals surface area contributed by atoms with E-state index in [1.807, 2.05) is 43.0 Å². The van der Waals surface area contributed by atoms with Gasteiger partial charge in [-0.1, -0.05) is 12.1 Å².